The maximum Gasteiger partial charge on any atom is 0.253 e. The van der Waals surface area contributed by atoms with E-state index in [4.69, 9.17) is 21.1 Å². The van der Waals surface area contributed by atoms with E-state index in [0.717, 1.165) is 24.2 Å². The topological polar surface area (TPSA) is 76.7 Å². The summed E-state index contributed by atoms with van der Waals surface area (Å²) in [6.45, 7) is 1.08. The lowest BCUT2D eigenvalue weighted by molar-refractivity contribution is -0.116. The van der Waals surface area contributed by atoms with E-state index in [1.54, 1.807) is 18.2 Å². The van der Waals surface area contributed by atoms with E-state index < -0.39 is 0 Å². The van der Waals surface area contributed by atoms with Crippen LogP contribution in [0.4, 0.5) is 5.69 Å². The summed E-state index contributed by atoms with van der Waals surface area (Å²) in [6.07, 6.45) is 2.89. The Kier molecular flexibility index (Phi) is 5.39. The molecule has 0 atom stereocenters. The Morgan fingerprint density at radius 1 is 1.04 bits per heavy atom. The highest BCUT2D eigenvalue weighted by molar-refractivity contribution is 6.34. The van der Waals surface area contributed by atoms with E-state index in [2.05, 4.69) is 10.6 Å². The van der Waals surface area contributed by atoms with Crippen molar-refractivity contribution in [3.8, 4) is 11.5 Å². The third-order valence-corrected chi connectivity index (χ3v) is 4.98. The van der Waals surface area contributed by atoms with Crippen LogP contribution in [0.15, 0.2) is 36.4 Å². The molecule has 0 radical (unpaired) electrons. The van der Waals surface area contributed by atoms with Gasteiger partial charge in [-0.2, -0.15) is 0 Å². The highest BCUT2D eigenvalue weighted by Gasteiger charge is 2.25. The number of anilines is 1. The van der Waals surface area contributed by atoms with Gasteiger partial charge < -0.3 is 20.1 Å². The zero-order chi connectivity index (χ0) is 19.5. The first kappa shape index (κ1) is 18.6. The largest absolute Gasteiger partial charge is 0.486 e. The molecule has 2 N–H and O–H groups in total. The van der Waals surface area contributed by atoms with Crippen LogP contribution >= 0.6 is 11.6 Å². The fourth-order valence-electron chi connectivity index (χ4n) is 2.99. The molecule has 2 aromatic carbocycles. The van der Waals surface area contributed by atoms with Gasteiger partial charge in [0.05, 0.1) is 10.6 Å². The molecule has 1 heterocycles. The third kappa shape index (κ3) is 4.57. The van der Waals surface area contributed by atoms with Crippen molar-refractivity contribution >= 4 is 29.1 Å². The van der Waals surface area contributed by atoms with Gasteiger partial charge in [0.2, 0.25) is 5.91 Å². The Hall–Kier alpha value is -2.73. The summed E-state index contributed by atoms with van der Waals surface area (Å²) >= 11 is 6.14. The van der Waals surface area contributed by atoms with Crippen molar-refractivity contribution in [2.45, 2.75) is 31.7 Å². The molecule has 0 saturated heterocycles. The molecule has 2 aromatic rings. The van der Waals surface area contributed by atoms with Crippen LogP contribution in [-0.4, -0.2) is 31.1 Å². The second-order valence-electron chi connectivity index (χ2n) is 6.97. The average molecular weight is 401 g/mol. The lowest BCUT2D eigenvalue weighted by atomic mass is 10.1. The summed E-state index contributed by atoms with van der Waals surface area (Å²) in [5, 5.41) is 6.11. The molecule has 0 unspecified atom stereocenters. The van der Waals surface area contributed by atoms with Crippen molar-refractivity contribution in [2.75, 3.05) is 18.5 Å². The Balaban J connectivity index is 1.35. The van der Waals surface area contributed by atoms with Crippen molar-refractivity contribution in [1.29, 1.82) is 0 Å². The maximum atomic E-state index is 12.3. The Bertz CT molecular complexity index is 911. The Morgan fingerprint density at radius 3 is 2.61 bits per heavy atom. The number of hydrogen-bond acceptors (Lipinski definition) is 4. The molecule has 1 aliphatic heterocycles. The molecule has 1 aliphatic carbocycles. The number of amides is 2. The van der Waals surface area contributed by atoms with Gasteiger partial charge in [0, 0.05) is 18.2 Å². The van der Waals surface area contributed by atoms with Crippen LogP contribution in [0.1, 0.15) is 35.2 Å². The molecular weight excluding hydrogens is 380 g/mol. The number of nitrogens with one attached hydrogen (secondary N) is 2. The predicted molar refractivity (Wildman–Crippen MR) is 106 cm³/mol. The molecule has 0 spiro atoms. The number of benzene rings is 2. The minimum Gasteiger partial charge on any atom is -0.486 e. The lowest BCUT2D eigenvalue weighted by Crippen LogP contribution is -2.25. The van der Waals surface area contributed by atoms with Crippen LogP contribution in [0.3, 0.4) is 0 Å². The number of carbonyl (C=O) groups excluding carboxylic acids is 2. The van der Waals surface area contributed by atoms with Gasteiger partial charge in [0.25, 0.3) is 5.91 Å². The zero-order valence-corrected chi connectivity index (χ0v) is 16.1. The maximum absolute atomic E-state index is 12.3. The zero-order valence-electron chi connectivity index (χ0n) is 15.3. The summed E-state index contributed by atoms with van der Waals surface area (Å²) in [5.41, 5.74) is 1.93. The van der Waals surface area contributed by atoms with Crippen LogP contribution in [0.5, 0.6) is 11.5 Å². The molecule has 4 rings (SSSR count). The van der Waals surface area contributed by atoms with Crippen LogP contribution in [0.25, 0.3) is 0 Å². The molecule has 28 heavy (non-hydrogen) atoms. The SMILES string of the molecule is O=C(CCc1ccc2c(c1)OCCO2)Nc1ccc(Cl)c(C(=O)NC2CC2)c1. The normalized spacial score (nSPS) is 15.0. The van der Waals surface area contributed by atoms with Gasteiger partial charge in [-0.15, -0.1) is 0 Å². The first-order valence-corrected chi connectivity index (χ1v) is 9.75. The first-order valence-electron chi connectivity index (χ1n) is 9.37. The molecule has 7 heteroatoms. The van der Waals surface area contributed by atoms with Gasteiger partial charge in [-0.1, -0.05) is 17.7 Å². The lowest BCUT2D eigenvalue weighted by Gasteiger charge is -2.18. The van der Waals surface area contributed by atoms with Crippen molar-refractivity contribution in [3.63, 3.8) is 0 Å². The predicted octanol–water partition coefficient (Wildman–Crippen LogP) is 3.57. The number of rotatable bonds is 6. The van der Waals surface area contributed by atoms with E-state index in [0.29, 0.717) is 48.1 Å². The number of ether oxygens (including phenoxy) is 2. The van der Waals surface area contributed by atoms with E-state index in [9.17, 15) is 9.59 Å². The molecule has 0 bridgehead atoms. The highest BCUT2D eigenvalue weighted by Crippen LogP contribution is 2.31. The Labute approximate surface area is 168 Å². The van der Waals surface area contributed by atoms with E-state index in [1.165, 1.54) is 0 Å². The first-order chi connectivity index (χ1) is 13.6. The van der Waals surface area contributed by atoms with Crippen molar-refractivity contribution in [1.82, 2.24) is 5.32 Å². The monoisotopic (exact) mass is 400 g/mol. The third-order valence-electron chi connectivity index (χ3n) is 4.65. The van der Waals surface area contributed by atoms with Crippen molar-refractivity contribution in [3.05, 3.63) is 52.5 Å². The van der Waals surface area contributed by atoms with E-state index in [1.807, 2.05) is 18.2 Å². The highest BCUT2D eigenvalue weighted by atomic mass is 35.5. The van der Waals surface area contributed by atoms with Crippen molar-refractivity contribution in [2.24, 2.45) is 0 Å². The smallest absolute Gasteiger partial charge is 0.253 e. The molecule has 2 aliphatic rings. The summed E-state index contributed by atoms with van der Waals surface area (Å²) in [6, 6.07) is 10.9. The minimum absolute atomic E-state index is 0.134. The molecule has 1 saturated carbocycles. The molecule has 1 fully saturated rings. The summed E-state index contributed by atoms with van der Waals surface area (Å²) in [7, 11) is 0. The number of aryl methyl sites for hydroxylation is 1. The second kappa shape index (κ2) is 8.10. The van der Waals surface area contributed by atoms with E-state index >= 15 is 0 Å². The molecule has 6 nitrogen and oxygen atoms in total. The standard InChI is InChI=1S/C21H21ClN2O4/c22-17-6-5-15(12-16(17)21(26)24-14-3-4-14)23-20(25)8-2-13-1-7-18-19(11-13)28-10-9-27-18/h1,5-7,11-12,14H,2-4,8-10H2,(H,23,25)(H,24,26). The number of hydrogen-bond donors (Lipinski definition) is 2. The molecule has 2 amide bonds. The Morgan fingerprint density at radius 2 is 1.82 bits per heavy atom. The van der Waals surface area contributed by atoms with Crippen LogP contribution < -0.4 is 20.1 Å². The summed E-state index contributed by atoms with van der Waals surface area (Å²) in [4.78, 5) is 24.6. The van der Waals surface area contributed by atoms with Crippen LogP contribution in [0, 0.1) is 0 Å². The second-order valence-corrected chi connectivity index (χ2v) is 7.38. The number of halogens is 1. The fraction of sp³-hybridized carbons (Fsp3) is 0.333. The fourth-order valence-corrected chi connectivity index (χ4v) is 3.20. The van der Waals surface area contributed by atoms with Crippen molar-refractivity contribution < 1.29 is 19.1 Å². The van der Waals surface area contributed by atoms with Crippen LogP contribution in [0.2, 0.25) is 5.02 Å². The molecule has 0 aromatic heterocycles. The number of carbonyl (C=O) groups is 2. The van der Waals surface area contributed by atoms with Gasteiger partial charge >= 0.3 is 0 Å². The van der Waals surface area contributed by atoms with Crippen LogP contribution in [-0.2, 0) is 11.2 Å². The van der Waals surface area contributed by atoms with Gasteiger partial charge in [-0.3, -0.25) is 9.59 Å². The molecular formula is C21H21ClN2O4. The van der Waals surface area contributed by atoms with E-state index in [-0.39, 0.29) is 17.9 Å². The van der Waals surface area contributed by atoms with Gasteiger partial charge in [-0.05, 0) is 55.2 Å². The van der Waals surface area contributed by atoms with Gasteiger partial charge in [-0.25, -0.2) is 0 Å². The summed E-state index contributed by atoms with van der Waals surface area (Å²) in [5.74, 6) is 1.11. The minimum atomic E-state index is -0.208. The quantitative estimate of drug-likeness (QED) is 0.777. The summed E-state index contributed by atoms with van der Waals surface area (Å²) < 4.78 is 11.1. The van der Waals surface area contributed by atoms with Gasteiger partial charge in [0.1, 0.15) is 13.2 Å². The number of fused-ring (bicyclic) bond motifs is 1. The average Bonchev–Trinajstić information content (AvgIpc) is 3.51. The molecule has 146 valence electrons. The van der Waals surface area contributed by atoms with Gasteiger partial charge in [0.15, 0.2) is 11.5 Å².